The molecule has 1 unspecified atom stereocenters. The van der Waals surface area contributed by atoms with Crippen LogP contribution in [0.4, 0.5) is 4.79 Å². The number of aromatic nitrogens is 3. The van der Waals surface area contributed by atoms with Gasteiger partial charge in [-0.25, -0.2) is 9.78 Å². The largest absolute Gasteiger partial charge is 0.465 e. The van der Waals surface area contributed by atoms with E-state index in [9.17, 15) is 9.90 Å². The molecule has 27 heavy (non-hydrogen) atoms. The smallest absolute Gasteiger partial charge is 0.404 e. The minimum Gasteiger partial charge on any atom is -0.465 e. The van der Waals surface area contributed by atoms with Crippen molar-refractivity contribution in [1.29, 1.82) is 0 Å². The Kier molecular flexibility index (Phi) is 5.84. The van der Waals surface area contributed by atoms with Crippen molar-refractivity contribution in [1.82, 2.24) is 20.4 Å². The van der Waals surface area contributed by atoms with Gasteiger partial charge in [-0.3, -0.25) is 0 Å². The first-order chi connectivity index (χ1) is 13.0. The van der Waals surface area contributed by atoms with Gasteiger partial charge in [0.05, 0.1) is 17.7 Å². The lowest BCUT2D eigenvalue weighted by Gasteiger charge is -2.10. The van der Waals surface area contributed by atoms with E-state index in [1.807, 2.05) is 0 Å². The zero-order valence-electron chi connectivity index (χ0n) is 13.9. The first kappa shape index (κ1) is 18.6. The molecule has 0 aliphatic carbocycles. The fraction of sp³-hybridized carbons (Fsp3) is 0.176. The van der Waals surface area contributed by atoms with Crippen LogP contribution in [0.25, 0.3) is 11.4 Å². The molecule has 2 aromatic heterocycles. The second kappa shape index (κ2) is 8.47. The van der Waals surface area contributed by atoms with Crippen LogP contribution in [0.2, 0.25) is 5.02 Å². The third kappa shape index (κ3) is 5.16. The molecule has 1 amide bonds. The molecular formula is C17H15ClN4O5. The van der Waals surface area contributed by atoms with Gasteiger partial charge in [-0.2, -0.15) is 4.98 Å². The van der Waals surface area contributed by atoms with E-state index in [-0.39, 0.29) is 18.9 Å². The molecule has 0 aliphatic rings. The van der Waals surface area contributed by atoms with Crippen molar-refractivity contribution in [3.63, 3.8) is 0 Å². The van der Waals surface area contributed by atoms with E-state index in [2.05, 4.69) is 20.4 Å². The van der Waals surface area contributed by atoms with Gasteiger partial charge in [0.2, 0.25) is 17.6 Å². The van der Waals surface area contributed by atoms with Gasteiger partial charge in [0.15, 0.2) is 0 Å². The third-order valence-electron chi connectivity index (χ3n) is 3.47. The lowest BCUT2D eigenvalue weighted by Crippen LogP contribution is -2.38. The Morgan fingerprint density at radius 1 is 1.26 bits per heavy atom. The molecule has 1 atom stereocenters. The number of ether oxygens (including phenoxy) is 1. The van der Waals surface area contributed by atoms with E-state index in [4.69, 9.17) is 26.0 Å². The van der Waals surface area contributed by atoms with Gasteiger partial charge < -0.3 is 24.8 Å². The van der Waals surface area contributed by atoms with Crippen LogP contribution in [0.5, 0.6) is 11.6 Å². The van der Waals surface area contributed by atoms with Crippen LogP contribution in [-0.2, 0) is 6.42 Å². The average molecular weight is 391 g/mol. The first-order valence-electron chi connectivity index (χ1n) is 7.86. The molecule has 0 aliphatic heterocycles. The molecule has 0 saturated carbocycles. The summed E-state index contributed by atoms with van der Waals surface area (Å²) in [5, 5.41) is 24.5. The van der Waals surface area contributed by atoms with Crippen LogP contribution < -0.4 is 10.1 Å². The molecule has 1 aromatic carbocycles. The average Bonchev–Trinajstić information content (AvgIpc) is 3.12. The first-order valence-corrected chi connectivity index (χ1v) is 8.24. The van der Waals surface area contributed by atoms with Gasteiger partial charge in [-0.15, -0.1) is 0 Å². The molecule has 0 fully saturated rings. The van der Waals surface area contributed by atoms with E-state index < -0.39 is 12.1 Å². The molecule has 2 heterocycles. The normalized spacial score (nSPS) is 11.8. The number of carbonyl (C=O) groups is 1. The lowest BCUT2D eigenvalue weighted by atomic mass is 10.2. The van der Waals surface area contributed by atoms with Crippen LogP contribution in [0.3, 0.4) is 0 Å². The summed E-state index contributed by atoms with van der Waals surface area (Å²) >= 11 is 5.78. The maximum absolute atomic E-state index is 10.7. The Hall–Kier alpha value is -3.17. The minimum atomic E-state index is -1.24. The van der Waals surface area contributed by atoms with Gasteiger partial charge >= 0.3 is 6.09 Å². The summed E-state index contributed by atoms with van der Waals surface area (Å²) in [6, 6.07) is 9.56. The van der Waals surface area contributed by atoms with E-state index in [0.717, 1.165) is 0 Å². The van der Waals surface area contributed by atoms with Crippen molar-refractivity contribution >= 4 is 17.7 Å². The molecule has 0 spiro atoms. The summed E-state index contributed by atoms with van der Waals surface area (Å²) in [6.07, 6.45) is 0.337. The fourth-order valence-electron chi connectivity index (χ4n) is 2.22. The number of aliphatic hydroxyl groups excluding tert-OH is 1. The van der Waals surface area contributed by atoms with Crippen LogP contribution in [-0.4, -0.2) is 44.1 Å². The lowest BCUT2D eigenvalue weighted by molar-refractivity contribution is 0.175. The molecule has 10 heteroatoms. The van der Waals surface area contributed by atoms with E-state index in [0.29, 0.717) is 28.0 Å². The van der Waals surface area contributed by atoms with Crippen LogP contribution in [0.1, 0.15) is 5.89 Å². The Labute approximate surface area is 158 Å². The molecule has 3 aromatic rings. The molecule has 0 saturated heterocycles. The second-order valence-electron chi connectivity index (χ2n) is 5.49. The number of benzene rings is 1. The number of nitrogens with one attached hydrogen (secondary N) is 1. The van der Waals surface area contributed by atoms with E-state index in [1.165, 1.54) is 6.20 Å². The molecule has 0 radical (unpaired) electrons. The number of rotatable bonds is 7. The third-order valence-corrected chi connectivity index (χ3v) is 3.70. The zero-order chi connectivity index (χ0) is 19.2. The maximum Gasteiger partial charge on any atom is 0.404 e. The summed E-state index contributed by atoms with van der Waals surface area (Å²) in [5.41, 5.74) is 0.688. The molecule has 3 rings (SSSR count). The molecule has 3 N–H and O–H groups in total. The van der Waals surface area contributed by atoms with Gasteiger partial charge in [-0.1, -0.05) is 16.8 Å². The number of amides is 1. The zero-order valence-corrected chi connectivity index (χ0v) is 14.6. The summed E-state index contributed by atoms with van der Waals surface area (Å²) in [5.74, 6) is 1.54. The summed E-state index contributed by atoms with van der Waals surface area (Å²) in [6.45, 7) is -0.380. The highest BCUT2D eigenvalue weighted by atomic mass is 35.5. The highest BCUT2D eigenvalue weighted by Crippen LogP contribution is 2.24. The van der Waals surface area contributed by atoms with Gasteiger partial charge in [0, 0.05) is 24.2 Å². The van der Waals surface area contributed by atoms with Crippen LogP contribution in [0.15, 0.2) is 47.1 Å². The van der Waals surface area contributed by atoms with Crippen LogP contribution >= 0.6 is 11.6 Å². The van der Waals surface area contributed by atoms with Crippen molar-refractivity contribution < 1.29 is 24.3 Å². The number of pyridine rings is 1. The summed E-state index contributed by atoms with van der Waals surface area (Å²) in [7, 11) is 0. The Morgan fingerprint density at radius 2 is 2.04 bits per heavy atom. The number of halogens is 1. The van der Waals surface area contributed by atoms with Crippen molar-refractivity contribution in [2.45, 2.75) is 12.5 Å². The highest BCUT2D eigenvalue weighted by molar-refractivity contribution is 6.30. The topological polar surface area (TPSA) is 131 Å². The standard InChI is InChI=1S/C17H15ClN4O5/c18-11-3-6-14(19-8-11)26-13-4-1-10(2-5-13)16-21-15(27-22-16)7-12(9-23)20-17(24)25/h1-6,8,12,20,23H,7,9H2,(H,24,25). The summed E-state index contributed by atoms with van der Waals surface area (Å²) < 4.78 is 10.7. The predicted molar refractivity (Wildman–Crippen MR) is 94.8 cm³/mol. The molecule has 140 valence electrons. The predicted octanol–water partition coefficient (Wildman–Crippen LogP) is 2.75. The van der Waals surface area contributed by atoms with Crippen molar-refractivity contribution in [2.24, 2.45) is 0 Å². The quantitative estimate of drug-likeness (QED) is 0.561. The number of nitrogens with zero attached hydrogens (tertiary/aromatic N) is 3. The van der Waals surface area contributed by atoms with Crippen molar-refractivity contribution in [3.8, 4) is 23.0 Å². The van der Waals surface area contributed by atoms with Crippen LogP contribution in [0, 0.1) is 0 Å². The van der Waals surface area contributed by atoms with Gasteiger partial charge in [0.1, 0.15) is 5.75 Å². The molecular weight excluding hydrogens is 376 g/mol. The van der Waals surface area contributed by atoms with Gasteiger partial charge in [0.25, 0.3) is 0 Å². The van der Waals surface area contributed by atoms with Gasteiger partial charge in [-0.05, 0) is 30.3 Å². The van der Waals surface area contributed by atoms with E-state index in [1.54, 1.807) is 36.4 Å². The second-order valence-corrected chi connectivity index (χ2v) is 5.92. The Morgan fingerprint density at radius 3 is 2.67 bits per heavy atom. The summed E-state index contributed by atoms with van der Waals surface area (Å²) in [4.78, 5) is 18.9. The maximum atomic E-state index is 10.7. The highest BCUT2D eigenvalue weighted by Gasteiger charge is 2.16. The molecule has 9 nitrogen and oxygen atoms in total. The van der Waals surface area contributed by atoms with Crippen molar-refractivity contribution in [3.05, 3.63) is 53.5 Å². The molecule has 0 bridgehead atoms. The minimum absolute atomic E-state index is 0.0826. The fourth-order valence-corrected chi connectivity index (χ4v) is 2.33. The Balaban J connectivity index is 1.66. The monoisotopic (exact) mass is 390 g/mol. The number of hydrogen-bond acceptors (Lipinski definition) is 7. The Bertz CT molecular complexity index is 898. The number of hydrogen-bond donors (Lipinski definition) is 3. The van der Waals surface area contributed by atoms with E-state index >= 15 is 0 Å². The van der Waals surface area contributed by atoms with Crippen molar-refractivity contribution in [2.75, 3.05) is 6.61 Å². The SMILES string of the molecule is O=C(O)NC(CO)Cc1nc(-c2ccc(Oc3ccc(Cl)cn3)cc2)no1. The number of aliphatic hydroxyl groups is 1. The number of carboxylic acid groups (broad SMARTS) is 1.